The molecule has 2 rings (SSSR count). The number of guanidine groups is 1. The highest BCUT2D eigenvalue weighted by atomic mass is 127. The highest BCUT2D eigenvalue weighted by Gasteiger charge is 2.28. The molecule has 1 aromatic carbocycles. The second-order valence-electron chi connectivity index (χ2n) is 6.95. The molecule has 0 aromatic heterocycles. The Hall–Kier alpha value is -1.02. The van der Waals surface area contributed by atoms with Crippen molar-refractivity contribution >= 4 is 29.9 Å². The summed E-state index contributed by atoms with van der Waals surface area (Å²) in [6, 6.07) is 7.65. The zero-order valence-electron chi connectivity index (χ0n) is 16.8. The van der Waals surface area contributed by atoms with Crippen LogP contribution >= 0.6 is 24.0 Å². The third kappa shape index (κ3) is 7.31. The molecular weight excluding hydrogens is 439 g/mol. The van der Waals surface area contributed by atoms with Crippen LogP contribution in [0.25, 0.3) is 0 Å². The normalized spacial score (nSPS) is 15.4. The second kappa shape index (κ2) is 11.6. The summed E-state index contributed by atoms with van der Waals surface area (Å²) in [5.41, 5.74) is 2.44. The lowest BCUT2D eigenvalue weighted by molar-refractivity contribution is 0.253. The Morgan fingerprint density at radius 2 is 2.08 bits per heavy atom. The summed E-state index contributed by atoms with van der Waals surface area (Å²) in [7, 11) is 3.93. The number of nitrogens with zero attached hydrogens (tertiary/aromatic N) is 2. The van der Waals surface area contributed by atoms with Gasteiger partial charge in [0.1, 0.15) is 5.75 Å². The average Bonchev–Trinajstić information content (AvgIpc) is 3.45. The van der Waals surface area contributed by atoms with Crippen molar-refractivity contribution in [2.24, 2.45) is 4.99 Å². The fourth-order valence-corrected chi connectivity index (χ4v) is 2.88. The van der Waals surface area contributed by atoms with Gasteiger partial charge in [0, 0.05) is 25.2 Å². The van der Waals surface area contributed by atoms with Crippen molar-refractivity contribution in [3.05, 3.63) is 29.3 Å². The minimum Gasteiger partial charge on any atom is -0.496 e. The SMILES string of the molecule is CCNC(=NCC(C)N(C)C1CC1)NCCc1ccc(C)c(OC)c1.I. The van der Waals surface area contributed by atoms with E-state index in [0.717, 1.165) is 43.8 Å². The van der Waals surface area contributed by atoms with E-state index in [1.54, 1.807) is 7.11 Å². The number of rotatable bonds is 9. The minimum atomic E-state index is 0. The third-order valence-electron chi connectivity index (χ3n) is 4.85. The highest BCUT2D eigenvalue weighted by Crippen LogP contribution is 2.26. The van der Waals surface area contributed by atoms with Crippen molar-refractivity contribution in [3.8, 4) is 5.75 Å². The number of halogens is 1. The van der Waals surface area contributed by atoms with Gasteiger partial charge in [-0.25, -0.2) is 0 Å². The Labute approximate surface area is 176 Å². The van der Waals surface area contributed by atoms with Gasteiger partial charge in [-0.3, -0.25) is 9.89 Å². The zero-order chi connectivity index (χ0) is 18.2. The van der Waals surface area contributed by atoms with Gasteiger partial charge in [-0.15, -0.1) is 24.0 Å². The molecule has 1 atom stereocenters. The molecule has 0 heterocycles. The first-order valence-corrected chi connectivity index (χ1v) is 9.42. The summed E-state index contributed by atoms with van der Waals surface area (Å²) in [6.07, 6.45) is 3.62. The van der Waals surface area contributed by atoms with Gasteiger partial charge >= 0.3 is 0 Å². The fourth-order valence-electron chi connectivity index (χ4n) is 2.88. The van der Waals surface area contributed by atoms with Crippen LogP contribution in [0.5, 0.6) is 5.75 Å². The summed E-state index contributed by atoms with van der Waals surface area (Å²) in [4.78, 5) is 7.20. The molecule has 1 unspecified atom stereocenters. The van der Waals surface area contributed by atoms with E-state index in [9.17, 15) is 0 Å². The zero-order valence-corrected chi connectivity index (χ0v) is 19.2. The van der Waals surface area contributed by atoms with Crippen LogP contribution in [0, 0.1) is 6.92 Å². The summed E-state index contributed by atoms with van der Waals surface area (Å²) in [5, 5.41) is 6.78. The van der Waals surface area contributed by atoms with E-state index in [-0.39, 0.29) is 24.0 Å². The van der Waals surface area contributed by atoms with Crippen LogP contribution in [0.2, 0.25) is 0 Å². The van der Waals surface area contributed by atoms with Gasteiger partial charge in [-0.05, 0) is 64.3 Å². The van der Waals surface area contributed by atoms with E-state index in [1.165, 1.54) is 24.0 Å². The van der Waals surface area contributed by atoms with E-state index in [4.69, 9.17) is 9.73 Å². The van der Waals surface area contributed by atoms with E-state index < -0.39 is 0 Å². The van der Waals surface area contributed by atoms with Gasteiger partial charge in [-0.2, -0.15) is 0 Å². The number of aryl methyl sites for hydroxylation is 1. The Morgan fingerprint density at radius 3 is 2.69 bits per heavy atom. The maximum absolute atomic E-state index is 5.40. The number of hydrogen-bond acceptors (Lipinski definition) is 3. The fraction of sp³-hybridized carbons (Fsp3) is 0.650. The molecule has 1 aliphatic rings. The summed E-state index contributed by atoms with van der Waals surface area (Å²) in [6.45, 7) is 8.96. The first-order chi connectivity index (χ1) is 12.0. The molecule has 0 saturated heterocycles. The lowest BCUT2D eigenvalue weighted by atomic mass is 10.1. The largest absolute Gasteiger partial charge is 0.496 e. The molecule has 6 heteroatoms. The maximum atomic E-state index is 5.40. The summed E-state index contributed by atoms with van der Waals surface area (Å²) < 4.78 is 5.40. The lowest BCUT2D eigenvalue weighted by Gasteiger charge is -2.23. The molecule has 5 nitrogen and oxygen atoms in total. The second-order valence-corrected chi connectivity index (χ2v) is 6.95. The Kier molecular flexibility index (Phi) is 10.3. The van der Waals surface area contributed by atoms with Crippen LogP contribution in [0.1, 0.15) is 37.8 Å². The van der Waals surface area contributed by atoms with Gasteiger partial charge in [0.25, 0.3) is 0 Å². The van der Waals surface area contributed by atoms with Crippen molar-refractivity contribution in [2.45, 2.75) is 52.1 Å². The standard InChI is InChI=1S/C20H34N4O.HI/c1-6-21-20(23-14-16(3)24(4)18-9-10-18)22-12-11-17-8-7-15(2)19(13-17)25-5;/h7-8,13,16,18H,6,9-12,14H2,1-5H3,(H2,21,22,23);1H. The molecule has 0 aliphatic heterocycles. The molecule has 0 amide bonds. The quantitative estimate of drug-likeness (QED) is 0.328. The van der Waals surface area contributed by atoms with Crippen LogP contribution in [-0.2, 0) is 6.42 Å². The molecule has 148 valence electrons. The van der Waals surface area contributed by atoms with Gasteiger partial charge < -0.3 is 15.4 Å². The van der Waals surface area contributed by atoms with Crippen molar-refractivity contribution < 1.29 is 4.74 Å². The van der Waals surface area contributed by atoms with Crippen LogP contribution in [-0.4, -0.2) is 56.7 Å². The van der Waals surface area contributed by atoms with Gasteiger partial charge in [0.2, 0.25) is 0 Å². The number of ether oxygens (including phenoxy) is 1. The van der Waals surface area contributed by atoms with E-state index >= 15 is 0 Å². The molecule has 2 N–H and O–H groups in total. The Morgan fingerprint density at radius 1 is 1.35 bits per heavy atom. The van der Waals surface area contributed by atoms with E-state index in [2.05, 4.69) is 61.6 Å². The highest BCUT2D eigenvalue weighted by molar-refractivity contribution is 14.0. The number of hydrogen-bond donors (Lipinski definition) is 2. The number of nitrogens with one attached hydrogen (secondary N) is 2. The number of benzene rings is 1. The van der Waals surface area contributed by atoms with Crippen molar-refractivity contribution in [2.75, 3.05) is 33.8 Å². The number of aliphatic imine (C=N–C) groups is 1. The summed E-state index contributed by atoms with van der Waals surface area (Å²) in [5.74, 6) is 1.85. The topological polar surface area (TPSA) is 48.9 Å². The maximum Gasteiger partial charge on any atom is 0.191 e. The molecule has 0 bridgehead atoms. The molecule has 0 spiro atoms. The lowest BCUT2D eigenvalue weighted by Crippen LogP contribution is -2.40. The number of methoxy groups -OCH3 is 1. The molecule has 1 aliphatic carbocycles. The van der Waals surface area contributed by atoms with E-state index in [1.807, 2.05) is 0 Å². The monoisotopic (exact) mass is 474 g/mol. The third-order valence-corrected chi connectivity index (χ3v) is 4.85. The smallest absolute Gasteiger partial charge is 0.191 e. The van der Waals surface area contributed by atoms with Gasteiger partial charge in [0.05, 0.1) is 13.7 Å². The molecule has 1 fully saturated rings. The van der Waals surface area contributed by atoms with E-state index in [0.29, 0.717) is 6.04 Å². The minimum absolute atomic E-state index is 0. The first kappa shape index (κ1) is 23.0. The molecular formula is C20H35IN4O. The van der Waals surface area contributed by atoms with Crippen LogP contribution < -0.4 is 15.4 Å². The first-order valence-electron chi connectivity index (χ1n) is 9.42. The summed E-state index contributed by atoms with van der Waals surface area (Å²) >= 11 is 0. The predicted molar refractivity (Wildman–Crippen MR) is 121 cm³/mol. The van der Waals surface area contributed by atoms with Crippen LogP contribution in [0.3, 0.4) is 0 Å². The van der Waals surface area contributed by atoms with Crippen molar-refractivity contribution in [1.82, 2.24) is 15.5 Å². The Bertz CT molecular complexity index is 575. The molecule has 26 heavy (non-hydrogen) atoms. The van der Waals surface area contributed by atoms with Crippen molar-refractivity contribution in [3.63, 3.8) is 0 Å². The average molecular weight is 474 g/mol. The Balaban J connectivity index is 0.00000338. The van der Waals surface area contributed by atoms with Crippen molar-refractivity contribution in [1.29, 1.82) is 0 Å². The molecule has 1 aromatic rings. The predicted octanol–water partition coefficient (Wildman–Crippen LogP) is 3.20. The van der Waals surface area contributed by atoms with Gasteiger partial charge in [0.15, 0.2) is 5.96 Å². The molecule has 1 saturated carbocycles. The van der Waals surface area contributed by atoms with Crippen LogP contribution in [0.15, 0.2) is 23.2 Å². The van der Waals surface area contributed by atoms with Crippen LogP contribution in [0.4, 0.5) is 0 Å². The molecule has 0 radical (unpaired) electrons. The van der Waals surface area contributed by atoms with Gasteiger partial charge in [-0.1, -0.05) is 12.1 Å². The number of likely N-dealkylation sites (N-methyl/N-ethyl adjacent to an activating group) is 1.